The van der Waals surface area contributed by atoms with E-state index in [0.717, 1.165) is 24.8 Å². The van der Waals surface area contributed by atoms with Gasteiger partial charge in [-0.3, -0.25) is 4.79 Å². The highest BCUT2D eigenvalue weighted by molar-refractivity contribution is 5.67. The molecule has 1 spiro atoms. The van der Waals surface area contributed by atoms with Gasteiger partial charge in [-0.15, -0.1) is 0 Å². The van der Waals surface area contributed by atoms with Crippen LogP contribution < -0.4 is 0 Å². The zero-order valence-electron chi connectivity index (χ0n) is 23.1. The summed E-state index contributed by atoms with van der Waals surface area (Å²) in [7, 11) is 0. The van der Waals surface area contributed by atoms with Gasteiger partial charge in [-0.1, -0.05) is 47.5 Å². The molecule has 4 fully saturated rings. The van der Waals surface area contributed by atoms with Gasteiger partial charge >= 0.3 is 5.97 Å². The van der Waals surface area contributed by atoms with E-state index in [-0.39, 0.29) is 24.4 Å². The average Bonchev–Trinajstić information content (AvgIpc) is 3.28. The van der Waals surface area contributed by atoms with Gasteiger partial charge in [0, 0.05) is 13.3 Å². The number of carbonyl (C=O) groups excluding carboxylic acids is 1. The molecule has 11 atom stereocenters. The van der Waals surface area contributed by atoms with Gasteiger partial charge in [0.15, 0.2) is 0 Å². The van der Waals surface area contributed by atoms with Crippen LogP contribution in [0.4, 0.5) is 0 Å². The maximum Gasteiger partial charge on any atom is 0.303 e. The van der Waals surface area contributed by atoms with Crippen LogP contribution in [-0.2, 0) is 14.3 Å². The Hall–Kier alpha value is -0.950. The summed E-state index contributed by atoms with van der Waals surface area (Å²) in [5.41, 5.74) is -2.93. The van der Waals surface area contributed by atoms with Gasteiger partial charge in [0.1, 0.15) is 17.3 Å². The molecule has 6 nitrogen and oxygen atoms in total. The third kappa shape index (κ3) is 3.46. The molecule has 3 N–H and O–H groups in total. The van der Waals surface area contributed by atoms with Crippen LogP contribution >= 0.6 is 0 Å². The Labute approximate surface area is 216 Å². The fourth-order valence-corrected chi connectivity index (χ4v) is 9.43. The highest BCUT2D eigenvalue weighted by Gasteiger charge is 2.79. The van der Waals surface area contributed by atoms with Crippen molar-refractivity contribution < 1.29 is 29.6 Å². The topological polar surface area (TPSA) is 96.2 Å². The SMILES string of the molecule is CC(=O)OC1C=C2C3CCC(C(C)CCC(C)C(C)C)C3(C)CC3OCC4(CCC(O)CC14O)C23O. The first kappa shape index (κ1) is 26.6. The zero-order chi connectivity index (χ0) is 26.3. The van der Waals surface area contributed by atoms with E-state index in [4.69, 9.17) is 9.47 Å². The van der Waals surface area contributed by atoms with Crippen molar-refractivity contribution in [3.8, 4) is 0 Å². The molecule has 0 bridgehead atoms. The van der Waals surface area contributed by atoms with Crippen LogP contribution in [0.5, 0.6) is 0 Å². The molecule has 0 aromatic rings. The van der Waals surface area contributed by atoms with E-state index >= 15 is 0 Å². The van der Waals surface area contributed by atoms with Crippen molar-refractivity contribution >= 4 is 5.97 Å². The molecule has 4 aliphatic carbocycles. The minimum absolute atomic E-state index is 0.0147. The van der Waals surface area contributed by atoms with Crippen LogP contribution in [0.25, 0.3) is 0 Å². The molecule has 0 amide bonds. The van der Waals surface area contributed by atoms with Crippen LogP contribution in [0.2, 0.25) is 0 Å². The van der Waals surface area contributed by atoms with Gasteiger partial charge in [-0.2, -0.15) is 0 Å². The number of hydrogen-bond acceptors (Lipinski definition) is 6. The summed E-state index contributed by atoms with van der Waals surface area (Å²) in [5, 5.41) is 35.3. The Bertz CT molecular complexity index is 915. The summed E-state index contributed by atoms with van der Waals surface area (Å²) in [6.07, 6.45) is 6.23. The fourth-order valence-electron chi connectivity index (χ4n) is 9.43. The molecule has 5 rings (SSSR count). The van der Waals surface area contributed by atoms with E-state index in [9.17, 15) is 20.1 Å². The van der Waals surface area contributed by atoms with Crippen LogP contribution in [0, 0.1) is 40.4 Å². The Kier molecular flexibility index (Phi) is 6.51. The van der Waals surface area contributed by atoms with Crippen molar-refractivity contribution in [3.05, 3.63) is 11.6 Å². The standard InChI is InChI=1S/C30H48O6/c1-17(2)18(3)7-8-19(4)22-9-10-23-24-13-25(36-20(5)31)29(33)14-21(32)11-12-28(29)16-35-26(30(24,28)34)15-27(22,23)6/h13,17-19,21-23,25-26,32-34H,7-12,14-16H2,1-6H3. The minimum Gasteiger partial charge on any atom is -0.455 e. The molecule has 1 saturated heterocycles. The summed E-state index contributed by atoms with van der Waals surface area (Å²) in [6, 6.07) is 0. The number of rotatable bonds is 6. The second-order valence-electron chi connectivity index (χ2n) is 13.8. The van der Waals surface area contributed by atoms with E-state index in [1.165, 1.54) is 19.8 Å². The van der Waals surface area contributed by atoms with Gasteiger partial charge in [0.2, 0.25) is 0 Å². The molecule has 1 heterocycles. The van der Waals surface area contributed by atoms with Crippen molar-refractivity contribution in [2.45, 2.75) is 122 Å². The molecule has 6 heteroatoms. The second-order valence-corrected chi connectivity index (χ2v) is 13.8. The van der Waals surface area contributed by atoms with Crippen LogP contribution in [0.15, 0.2) is 11.6 Å². The first-order valence-electron chi connectivity index (χ1n) is 14.4. The summed E-state index contributed by atoms with van der Waals surface area (Å²) < 4.78 is 12.2. The average molecular weight is 505 g/mol. The normalized spacial score (nSPS) is 49.1. The van der Waals surface area contributed by atoms with Crippen LogP contribution in [0.1, 0.15) is 92.9 Å². The molecular formula is C30H48O6. The largest absolute Gasteiger partial charge is 0.455 e. The Morgan fingerprint density at radius 2 is 1.86 bits per heavy atom. The third-order valence-corrected chi connectivity index (χ3v) is 11.9. The number of esters is 1. The third-order valence-electron chi connectivity index (χ3n) is 11.9. The highest BCUT2D eigenvalue weighted by Crippen LogP contribution is 2.72. The smallest absolute Gasteiger partial charge is 0.303 e. The number of aliphatic hydroxyl groups excluding tert-OH is 1. The first-order chi connectivity index (χ1) is 16.8. The fraction of sp³-hybridized carbons (Fsp3) is 0.900. The molecule has 0 radical (unpaired) electrons. The molecule has 204 valence electrons. The lowest BCUT2D eigenvalue weighted by Gasteiger charge is -2.64. The predicted molar refractivity (Wildman–Crippen MR) is 137 cm³/mol. The molecule has 1 aliphatic heterocycles. The van der Waals surface area contributed by atoms with Crippen molar-refractivity contribution in [2.24, 2.45) is 40.4 Å². The number of fused-ring (bicyclic) bond motifs is 2. The van der Waals surface area contributed by atoms with Crippen molar-refractivity contribution in [2.75, 3.05) is 6.61 Å². The van der Waals surface area contributed by atoms with Crippen LogP contribution in [0.3, 0.4) is 0 Å². The molecule has 3 saturated carbocycles. The monoisotopic (exact) mass is 504 g/mol. The number of ether oxygens (including phenoxy) is 2. The minimum atomic E-state index is -1.56. The Morgan fingerprint density at radius 1 is 1.14 bits per heavy atom. The maximum absolute atomic E-state index is 12.6. The molecule has 0 aromatic carbocycles. The van der Waals surface area contributed by atoms with Gasteiger partial charge in [0.25, 0.3) is 0 Å². The van der Waals surface area contributed by atoms with Crippen molar-refractivity contribution in [1.29, 1.82) is 0 Å². The van der Waals surface area contributed by atoms with Gasteiger partial charge < -0.3 is 24.8 Å². The number of carbonyl (C=O) groups is 1. The Balaban J connectivity index is 1.53. The quantitative estimate of drug-likeness (QED) is 0.367. The lowest BCUT2D eigenvalue weighted by Crippen LogP contribution is -2.75. The molecular weight excluding hydrogens is 456 g/mol. The van der Waals surface area contributed by atoms with Crippen molar-refractivity contribution in [3.63, 3.8) is 0 Å². The van der Waals surface area contributed by atoms with E-state index in [1.54, 1.807) is 0 Å². The molecule has 36 heavy (non-hydrogen) atoms. The van der Waals surface area contributed by atoms with E-state index in [2.05, 4.69) is 34.6 Å². The van der Waals surface area contributed by atoms with Gasteiger partial charge in [0.05, 0.1) is 24.2 Å². The zero-order valence-corrected chi connectivity index (χ0v) is 23.1. The number of aliphatic hydroxyl groups is 3. The second kappa shape index (κ2) is 8.79. The summed E-state index contributed by atoms with van der Waals surface area (Å²) >= 11 is 0. The van der Waals surface area contributed by atoms with E-state index in [1.807, 2.05) is 6.08 Å². The summed E-state index contributed by atoms with van der Waals surface area (Å²) in [6.45, 7) is 13.3. The van der Waals surface area contributed by atoms with E-state index < -0.39 is 40.9 Å². The predicted octanol–water partition coefficient (Wildman–Crippen LogP) is 4.39. The molecule has 5 aliphatic rings. The summed E-state index contributed by atoms with van der Waals surface area (Å²) in [5.74, 6) is 2.22. The van der Waals surface area contributed by atoms with E-state index in [0.29, 0.717) is 36.5 Å². The Morgan fingerprint density at radius 3 is 2.53 bits per heavy atom. The lowest BCUT2D eigenvalue weighted by molar-refractivity contribution is -0.254. The van der Waals surface area contributed by atoms with Crippen LogP contribution in [-0.4, -0.2) is 57.4 Å². The van der Waals surface area contributed by atoms with Crippen molar-refractivity contribution in [1.82, 2.24) is 0 Å². The first-order valence-corrected chi connectivity index (χ1v) is 14.4. The van der Waals surface area contributed by atoms with Gasteiger partial charge in [-0.25, -0.2) is 0 Å². The molecule has 0 aromatic heterocycles. The lowest BCUT2D eigenvalue weighted by atomic mass is 9.43. The highest BCUT2D eigenvalue weighted by atomic mass is 16.6. The molecule has 11 unspecified atom stereocenters. The summed E-state index contributed by atoms with van der Waals surface area (Å²) in [4.78, 5) is 12.1. The van der Waals surface area contributed by atoms with Gasteiger partial charge in [-0.05, 0) is 78.8 Å². The number of hydrogen-bond donors (Lipinski definition) is 3. The maximum atomic E-state index is 12.6.